The lowest BCUT2D eigenvalue weighted by molar-refractivity contribution is -0.118. The Hall–Kier alpha value is -3.86. The van der Waals surface area contributed by atoms with Crippen molar-refractivity contribution in [3.05, 3.63) is 90.0 Å². The minimum atomic E-state index is -0.548. The van der Waals surface area contributed by atoms with Gasteiger partial charge in [-0.25, -0.2) is 4.79 Å². The van der Waals surface area contributed by atoms with Gasteiger partial charge in [-0.05, 0) is 42.5 Å². The number of carbonyl (C=O) groups excluding carboxylic acids is 2. The Bertz CT molecular complexity index is 1190. The monoisotopic (exact) mass is 383 g/mol. The van der Waals surface area contributed by atoms with Gasteiger partial charge in [-0.3, -0.25) is 4.79 Å². The van der Waals surface area contributed by atoms with Crippen LogP contribution in [-0.2, 0) is 9.53 Å². The second-order valence-corrected chi connectivity index (χ2v) is 6.96. The Labute approximate surface area is 166 Å². The van der Waals surface area contributed by atoms with Crippen molar-refractivity contribution in [2.75, 3.05) is 5.32 Å². The number of cyclic esters (lactones) is 1. The van der Waals surface area contributed by atoms with Gasteiger partial charge in [-0.1, -0.05) is 36.4 Å². The summed E-state index contributed by atoms with van der Waals surface area (Å²) < 4.78 is 11.2. The highest BCUT2D eigenvalue weighted by Gasteiger charge is 2.32. The second-order valence-electron chi connectivity index (χ2n) is 6.96. The quantitative estimate of drug-likeness (QED) is 0.483. The number of furan rings is 1. The largest absolute Gasteiger partial charge is 0.456 e. The Morgan fingerprint density at radius 3 is 2.52 bits per heavy atom. The molecule has 0 fully saturated rings. The summed E-state index contributed by atoms with van der Waals surface area (Å²) in [4.78, 5) is 24.3. The van der Waals surface area contributed by atoms with Gasteiger partial charge < -0.3 is 14.5 Å². The first-order valence-electron chi connectivity index (χ1n) is 9.36. The van der Waals surface area contributed by atoms with Crippen LogP contribution in [0.5, 0.6) is 0 Å². The second kappa shape index (κ2) is 6.95. The van der Waals surface area contributed by atoms with Crippen LogP contribution in [0.4, 0.5) is 5.69 Å². The van der Waals surface area contributed by atoms with E-state index in [0.717, 1.165) is 27.9 Å². The average Bonchev–Trinajstić information content (AvgIpc) is 3.30. The molecular weight excluding hydrogens is 366 g/mol. The van der Waals surface area contributed by atoms with Crippen LogP contribution in [0, 0.1) is 0 Å². The molecule has 5 rings (SSSR count). The number of benzene rings is 3. The van der Waals surface area contributed by atoms with Gasteiger partial charge in [0.2, 0.25) is 5.91 Å². The number of carbonyl (C=O) groups is 2. The molecule has 29 heavy (non-hydrogen) atoms. The summed E-state index contributed by atoms with van der Waals surface area (Å²) in [6.45, 7) is 0. The van der Waals surface area contributed by atoms with E-state index in [2.05, 4.69) is 5.32 Å². The molecular formula is C24H17NO4. The first-order valence-corrected chi connectivity index (χ1v) is 9.36. The lowest BCUT2D eigenvalue weighted by Crippen LogP contribution is -2.15. The maximum absolute atomic E-state index is 12.4. The molecule has 4 aromatic rings. The predicted molar refractivity (Wildman–Crippen MR) is 109 cm³/mol. The molecule has 0 saturated heterocycles. The maximum Gasteiger partial charge on any atom is 0.339 e. The van der Waals surface area contributed by atoms with Crippen molar-refractivity contribution < 1.29 is 18.7 Å². The molecule has 142 valence electrons. The number of hydrogen-bond acceptors (Lipinski definition) is 4. The van der Waals surface area contributed by atoms with Gasteiger partial charge in [0.05, 0.1) is 12.0 Å². The van der Waals surface area contributed by atoms with Gasteiger partial charge in [0.25, 0.3) is 0 Å². The van der Waals surface area contributed by atoms with Crippen molar-refractivity contribution >= 4 is 28.5 Å². The smallest absolute Gasteiger partial charge is 0.339 e. The molecule has 0 radical (unpaired) electrons. The Morgan fingerprint density at radius 2 is 1.69 bits per heavy atom. The molecule has 0 spiro atoms. The van der Waals surface area contributed by atoms with Crippen LogP contribution >= 0.6 is 0 Å². The topological polar surface area (TPSA) is 68.5 Å². The van der Waals surface area contributed by atoms with Crippen LogP contribution in [0.25, 0.3) is 22.3 Å². The number of para-hydroxylation sites is 1. The number of fused-ring (bicyclic) bond motifs is 2. The third-order valence-electron chi connectivity index (χ3n) is 5.03. The van der Waals surface area contributed by atoms with E-state index < -0.39 is 6.10 Å². The van der Waals surface area contributed by atoms with Crippen molar-refractivity contribution in [2.24, 2.45) is 0 Å². The zero-order valence-corrected chi connectivity index (χ0v) is 15.4. The zero-order chi connectivity index (χ0) is 19.8. The molecule has 1 aromatic heterocycles. The summed E-state index contributed by atoms with van der Waals surface area (Å²) in [5, 5.41) is 3.91. The van der Waals surface area contributed by atoms with E-state index in [1.165, 1.54) is 0 Å². The number of rotatable bonds is 4. The lowest BCUT2D eigenvalue weighted by atomic mass is 10.0. The fraction of sp³-hybridized carbons (Fsp3) is 0.0833. The van der Waals surface area contributed by atoms with Gasteiger partial charge in [0.1, 0.15) is 17.4 Å². The van der Waals surface area contributed by atoms with Gasteiger partial charge in [0.15, 0.2) is 0 Å². The Balaban J connectivity index is 1.28. The normalized spacial score (nSPS) is 15.2. The van der Waals surface area contributed by atoms with Crippen LogP contribution in [0.3, 0.4) is 0 Å². The summed E-state index contributed by atoms with van der Waals surface area (Å²) in [6.07, 6.45) is -0.470. The molecule has 5 nitrogen and oxygen atoms in total. The minimum Gasteiger partial charge on any atom is -0.456 e. The standard InChI is InChI=1S/C24H17NO4/c26-23(14-22-18-6-2-3-7-19(18)24(27)29-22)25-17-11-9-15(10-12-17)21-13-16-5-1-4-8-20(16)28-21/h1-13,22H,14H2,(H,25,26)/t22-/m0/s1. The van der Waals surface area contributed by atoms with Crippen molar-refractivity contribution in [3.8, 4) is 11.3 Å². The van der Waals surface area contributed by atoms with E-state index in [1.54, 1.807) is 12.1 Å². The third kappa shape index (κ3) is 3.27. The highest BCUT2D eigenvalue weighted by molar-refractivity contribution is 5.96. The molecule has 2 heterocycles. The molecule has 3 aromatic carbocycles. The Kier molecular flexibility index (Phi) is 4.13. The molecule has 1 aliphatic rings. The van der Waals surface area contributed by atoms with Crippen molar-refractivity contribution in [3.63, 3.8) is 0 Å². The number of hydrogen-bond donors (Lipinski definition) is 1. The van der Waals surface area contributed by atoms with Crippen LogP contribution < -0.4 is 5.32 Å². The molecule has 1 aliphatic heterocycles. The average molecular weight is 383 g/mol. The fourth-order valence-corrected chi connectivity index (χ4v) is 3.59. The molecule has 5 heteroatoms. The SMILES string of the molecule is O=C(C[C@@H]1OC(=O)c2ccccc21)Nc1ccc(-c2cc3ccccc3o2)cc1. The van der Waals surface area contributed by atoms with Gasteiger partial charge in [0, 0.05) is 22.2 Å². The molecule has 1 atom stereocenters. The lowest BCUT2D eigenvalue weighted by Gasteiger charge is -2.11. The summed E-state index contributed by atoms with van der Waals surface area (Å²) in [5.41, 5.74) is 3.73. The summed E-state index contributed by atoms with van der Waals surface area (Å²) in [5.74, 6) is 0.183. The highest BCUT2D eigenvalue weighted by atomic mass is 16.5. The van der Waals surface area contributed by atoms with E-state index in [4.69, 9.17) is 9.15 Å². The summed E-state index contributed by atoms with van der Waals surface area (Å²) in [6, 6.07) is 24.5. The van der Waals surface area contributed by atoms with E-state index in [0.29, 0.717) is 11.3 Å². The minimum absolute atomic E-state index is 0.0775. The number of nitrogens with one attached hydrogen (secondary N) is 1. The molecule has 0 saturated carbocycles. The highest BCUT2D eigenvalue weighted by Crippen LogP contribution is 2.33. The predicted octanol–water partition coefficient (Wildman–Crippen LogP) is 5.34. The first kappa shape index (κ1) is 17.3. The first-order chi connectivity index (χ1) is 14.2. The van der Waals surface area contributed by atoms with Crippen LogP contribution in [0.1, 0.15) is 28.4 Å². The fourth-order valence-electron chi connectivity index (χ4n) is 3.59. The van der Waals surface area contributed by atoms with E-state index in [9.17, 15) is 9.59 Å². The summed E-state index contributed by atoms with van der Waals surface area (Å²) >= 11 is 0. The number of esters is 1. The molecule has 0 unspecified atom stereocenters. The van der Waals surface area contributed by atoms with Crippen molar-refractivity contribution in [2.45, 2.75) is 12.5 Å². The van der Waals surface area contributed by atoms with Gasteiger partial charge >= 0.3 is 5.97 Å². The van der Waals surface area contributed by atoms with Crippen LogP contribution in [0.2, 0.25) is 0 Å². The molecule has 1 amide bonds. The van der Waals surface area contributed by atoms with Crippen LogP contribution in [-0.4, -0.2) is 11.9 Å². The van der Waals surface area contributed by atoms with E-state index >= 15 is 0 Å². The van der Waals surface area contributed by atoms with Gasteiger partial charge in [-0.15, -0.1) is 0 Å². The molecule has 1 N–H and O–H groups in total. The zero-order valence-electron chi connectivity index (χ0n) is 15.4. The van der Waals surface area contributed by atoms with Crippen molar-refractivity contribution in [1.82, 2.24) is 0 Å². The number of ether oxygens (including phenoxy) is 1. The van der Waals surface area contributed by atoms with Crippen LogP contribution in [0.15, 0.2) is 83.3 Å². The maximum atomic E-state index is 12.4. The van der Waals surface area contributed by atoms with E-state index in [1.807, 2.05) is 66.7 Å². The number of amides is 1. The van der Waals surface area contributed by atoms with E-state index in [-0.39, 0.29) is 18.3 Å². The van der Waals surface area contributed by atoms with Crippen molar-refractivity contribution in [1.29, 1.82) is 0 Å². The van der Waals surface area contributed by atoms with Gasteiger partial charge in [-0.2, -0.15) is 0 Å². The Morgan fingerprint density at radius 1 is 0.931 bits per heavy atom. The summed E-state index contributed by atoms with van der Waals surface area (Å²) in [7, 11) is 0. The third-order valence-corrected chi connectivity index (χ3v) is 5.03. The molecule has 0 bridgehead atoms. The number of anilines is 1. The molecule has 0 aliphatic carbocycles.